The number of nitrogens with zero attached hydrogens (tertiary/aromatic N) is 2. The van der Waals surface area contributed by atoms with Gasteiger partial charge in [0.25, 0.3) is 5.91 Å². The van der Waals surface area contributed by atoms with Crippen molar-refractivity contribution in [2.24, 2.45) is 0 Å². The minimum absolute atomic E-state index is 0.353. The first-order chi connectivity index (χ1) is 9.48. The second-order valence-electron chi connectivity index (χ2n) is 4.36. The van der Waals surface area contributed by atoms with Gasteiger partial charge in [-0.1, -0.05) is 18.2 Å². The Morgan fingerprint density at radius 3 is 2.80 bits per heavy atom. The molecule has 1 aliphatic heterocycles. The Morgan fingerprint density at radius 1 is 1.30 bits per heavy atom. The van der Waals surface area contributed by atoms with Gasteiger partial charge in [0.05, 0.1) is 5.51 Å². The van der Waals surface area contributed by atoms with Gasteiger partial charge in [0.15, 0.2) is 5.69 Å². The van der Waals surface area contributed by atoms with Gasteiger partial charge >= 0.3 is 6.18 Å². The lowest BCUT2D eigenvalue weighted by Gasteiger charge is -2.17. The smallest absolute Gasteiger partial charge is 0.307 e. The zero-order valence-electron chi connectivity index (χ0n) is 10.1. The number of carbonyl (C=O) groups excluding carboxylic acids is 1. The number of benzene rings is 1. The summed E-state index contributed by atoms with van der Waals surface area (Å²) in [5.41, 5.74) is 1.60. The highest BCUT2D eigenvalue weighted by Crippen LogP contribution is 2.35. The summed E-state index contributed by atoms with van der Waals surface area (Å²) in [5, 5.41) is 0. The van der Waals surface area contributed by atoms with Crippen molar-refractivity contribution < 1.29 is 18.0 Å². The normalized spacial score (nSPS) is 14.4. The number of amides is 1. The number of hydrogen-bond donors (Lipinski definition) is 0. The predicted molar refractivity (Wildman–Crippen MR) is 68.9 cm³/mol. The Labute approximate surface area is 116 Å². The average Bonchev–Trinajstić information content (AvgIpc) is 3.04. The number of alkyl halides is 3. The van der Waals surface area contributed by atoms with Crippen LogP contribution >= 0.6 is 11.3 Å². The van der Waals surface area contributed by atoms with E-state index >= 15 is 0 Å². The largest absolute Gasteiger partial charge is 0.434 e. The van der Waals surface area contributed by atoms with Gasteiger partial charge in [0.1, 0.15) is 4.88 Å². The van der Waals surface area contributed by atoms with Gasteiger partial charge < -0.3 is 4.90 Å². The Hall–Kier alpha value is -1.89. The van der Waals surface area contributed by atoms with Gasteiger partial charge in [0.2, 0.25) is 0 Å². The zero-order chi connectivity index (χ0) is 14.3. The Bertz CT molecular complexity index is 666. The van der Waals surface area contributed by atoms with Crippen molar-refractivity contribution in [1.82, 2.24) is 4.98 Å². The van der Waals surface area contributed by atoms with Crippen LogP contribution in [-0.4, -0.2) is 17.4 Å². The number of halogens is 3. The molecule has 1 aromatic carbocycles. The molecule has 20 heavy (non-hydrogen) atoms. The van der Waals surface area contributed by atoms with Crippen molar-refractivity contribution in [2.45, 2.75) is 12.6 Å². The van der Waals surface area contributed by atoms with Crippen LogP contribution in [0.15, 0.2) is 29.8 Å². The fourth-order valence-electron chi connectivity index (χ4n) is 2.27. The lowest BCUT2D eigenvalue weighted by molar-refractivity contribution is -0.141. The van der Waals surface area contributed by atoms with Crippen LogP contribution in [0.1, 0.15) is 20.9 Å². The second kappa shape index (κ2) is 4.59. The minimum Gasteiger partial charge on any atom is -0.307 e. The second-order valence-corrected chi connectivity index (χ2v) is 5.22. The molecule has 3 nitrogen and oxygen atoms in total. The number of rotatable bonds is 1. The molecule has 0 unspecified atom stereocenters. The molecule has 0 saturated heterocycles. The van der Waals surface area contributed by atoms with E-state index in [1.807, 2.05) is 12.1 Å². The van der Waals surface area contributed by atoms with Crippen LogP contribution in [0.2, 0.25) is 0 Å². The van der Waals surface area contributed by atoms with Crippen LogP contribution in [0, 0.1) is 0 Å². The summed E-state index contributed by atoms with van der Waals surface area (Å²) >= 11 is 0.724. The summed E-state index contributed by atoms with van der Waals surface area (Å²) in [6.45, 7) is 0.396. The molecule has 2 aromatic rings. The molecule has 0 aliphatic carbocycles. The number of hydrogen-bond acceptors (Lipinski definition) is 3. The number of carbonyl (C=O) groups is 1. The summed E-state index contributed by atoms with van der Waals surface area (Å²) in [6, 6.07) is 7.23. The van der Waals surface area contributed by atoms with E-state index in [2.05, 4.69) is 4.98 Å². The van der Waals surface area contributed by atoms with Crippen LogP contribution < -0.4 is 4.90 Å². The molecule has 0 N–H and O–H groups in total. The van der Waals surface area contributed by atoms with E-state index in [4.69, 9.17) is 0 Å². The molecule has 1 amide bonds. The molecule has 2 heterocycles. The highest BCUT2D eigenvalue weighted by molar-refractivity contribution is 7.12. The minimum atomic E-state index is -4.61. The molecule has 1 aliphatic rings. The van der Waals surface area contributed by atoms with Crippen LogP contribution in [0.3, 0.4) is 0 Å². The summed E-state index contributed by atoms with van der Waals surface area (Å²) in [5.74, 6) is -0.634. The number of para-hydroxylation sites is 1. The molecule has 0 bridgehead atoms. The molecule has 0 atom stereocenters. The maximum atomic E-state index is 12.8. The monoisotopic (exact) mass is 298 g/mol. The van der Waals surface area contributed by atoms with E-state index < -0.39 is 17.8 Å². The van der Waals surface area contributed by atoms with Gasteiger partial charge in [-0.3, -0.25) is 4.79 Å². The fraction of sp³-hybridized carbons (Fsp3) is 0.231. The van der Waals surface area contributed by atoms with E-state index in [0.717, 1.165) is 22.4 Å². The molecule has 3 rings (SSSR count). The van der Waals surface area contributed by atoms with E-state index in [1.165, 1.54) is 4.90 Å². The topological polar surface area (TPSA) is 33.2 Å². The van der Waals surface area contributed by atoms with E-state index in [0.29, 0.717) is 18.7 Å². The standard InChI is InChI=1S/C13H9F3N2OS/c14-13(15,16)11-10(20-7-17-11)12(19)18-6-5-8-3-1-2-4-9(8)18/h1-4,7H,5-6H2. The molecular formula is C13H9F3N2OS. The number of aromatic nitrogens is 1. The van der Waals surface area contributed by atoms with E-state index in [1.54, 1.807) is 12.1 Å². The molecule has 0 radical (unpaired) electrons. The first-order valence-corrected chi connectivity index (χ1v) is 6.77. The zero-order valence-corrected chi connectivity index (χ0v) is 11.0. The Morgan fingerprint density at radius 2 is 2.05 bits per heavy atom. The van der Waals surface area contributed by atoms with Crippen molar-refractivity contribution in [3.63, 3.8) is 0 Å². The molecule has 0 saturated carbocycles. The van der Waals surface area contributed by atoms with Crippen molar-refractivity contribution >= 4 is 22.9 Å². The maximum Gasteiger partial charge on any atom is 0.434 e. The summed E-state index contributed by atoms with van der Waals surface area (Å²) in [4.78, 5) is 16.7. The van der Waals surface area contributed by atoms with Gasteiger partial charge in [-0.25, -0.2) is 4.98 Å². The average molecular weight is 298 g/mol. The van der Waals surface area contributed by atoms with Crippen LogP contribution in [-0.2, 0) is 12.6 Å². The van der Waals surface area contributed by atoms with Crippen molar-refractivity contribution in [2.75, 3.05) is 11.4 Å². The van der Waals surface area contributed by atoms with Gasteiger partial charge in [-0.15, -0.1) is 11.3 Å². The highest BCUT2D eigenvalue weighted by atomic mass is 32.1. The SMILES string of the molecule is O=C(c1scnc1C(F)(F)F)N1CCc2ccccc21. The van der Waals surface area contributed by atoms with Crippen molar-refractivity contribution in [3.05, 3.63) is 45.9 Å². The Balaban J connectivity index is 1.98. The first-order valence-electron chi connectivity index (χ1n) is 5.89. The Kier molecular flexibility index (Phi) is 3.01. The molecule has 0 fully saturated rings. The van der Waals surface area contributed by atoms with E-state index in [-0.39, 0.29) is 4.88 Å². The fourth-order valence-corrected chi connectivity index (χ4v) is 3.03. The highest BCUT2D eigenvalue weighted by Gasteiger charge is 2.40. The summed E-state index contributed by atoms with van der Waals surface area (Å²) in [6.07, 6.45) is -3.95. The molecular weight excluding hydrogens is 289 g/mol. The number of fused-ring (bicyclic) bond motifs is 1. The van der Waals surface area contributed by atoms with Crippen LogP contribution in [0.5, 0.6) is 0 Å². The van der Waals surface area contributed by atoms with Crippen molar-refractivity contribution in [1.29, 1.82) is 0 Å². The number of thiazole rings is 1. The quantitative estimate of drug-likeness (QED) is 0.809. The predicted octanol–water partition coefficient (Wildman–Crippen LogP) is 3.36. The molecule has 104 valence electrons. The third-order valence-electron chi connectivity index (χ3n) is 3.16. The van der Waals surface area contributed by atoms with Crippen LogP contribution in [0.25, 0.3) is 0 Å². The van der Waals surface area contributed by atoms with Gasteiger partial charge in [-0.05, 0) is 18.1 Å². The maximum absolute atomic E-state index is 12.8. The first kappa shape index (κ1) is 13.1. The third-order valence-corrected chi connectivity index (χ3v) is 3.98. The number of anilines is 1. The third kappa shape index (κ3) is 2.07. The lowest BCUT2D eigenvalue weighted by atomic mass is 10.2. The lowest BCUT2D eigenvalue weighted by Crippen LogP contribution is -2.30. The molecule has 1 aromatic heterocycles. The summed E-state index contributed by atoms with van der Waals surface area (Å²) in [7, 11) is 0. The molecule has 0 spiro atoms. The van der Waals surface area contributed by atoms with E-state index in [9.17, 15) is 18.0 Å². The van der Waals surface area contributed by atoms with Crippen molar-refractivity contribution in [3.8, 4) is 0 Å². The summed E-state index contributed by atoms with van der Waals surface area (Å²) < 4.78 is 38.4. The van der Waals surface area contributed by atoms with Gasteiger partial charge in [0, 0.05) is 12.2 Å². The van der Waals surface area contributed by atoms with Crippen LogP contribution in [0.4, 0.5) is 18.9 Å². The van der Waals surface area contributed by atoms with Gasteiger partial charge in [-0.2, -0.15) is 13.2 Å². The molecule has 7 heteroatoms.